The zero-order valence-electron chi connectivity index (χ0n) is 9.07. The standard InChI is InChI=1S/C10H12N4O2S/c11-8-4-1-5-9-12-13-10(14(8)9)7-3-2-6-17(7,15)16/h1,4-5,7H,2-3,6,11H2. The van der Waals surface area contributed by atoms with E-state index in [4.69, 9.17) is 5.73 Å². The quantitative estimate of drug-likeness (QED) is 0.801. The summed E-state index contributed by atoms with van der Waals surface area (Å²) >= 11 is 0. The molecule has 1 unspecified atom stereocenters. The number of sulfone groups is 1. The van der Waals surface area contributed by atoms with Gasteiger partial charge < -0.3 is 5.73 Å². The summed E-state index contributed by atoms with van der Waals surface area (Å²) in [6.45, 7) is 0. The lowest BCUT2D eigenvalue weighted by molar-refractivity contribution is 0.588. The number of fused-ring (bicyclic) bond motifs is 1. The van der Waals surface area contributed by atoms with Crippen molar-refractivity contribution in [2.45, 2.75) is 18.1 Å². The summed E-state index contributed by atoms with van der Waals surface area (Å²) in [5.74, 6) is 1.12. The van der Waals surface area contributed by atoms with Crippen LogP contribution in [0.15, 0.2) is 18.2 Å². The summed E-state index contributed by atoms with van der Waals surface area (Å²) in [7, 11) is -3.10. The van der Waals surface area contributed by atoms with Gasteiger partial charge in [-0.15, -0.1) is 10.2 Å². The van der Waals surface area contributed by atoms with E-state index in [1.165, 1.54) is 0 Å². The fourth-order valence-electron chi connectivity index (χ4n) is 2.28. The van der Waals surface area contributed by atoms with E-state index in [0.717, 1.165) is 0 Å². The van der Waals surface area contributed by atoms with Gasteiger partial charge in [-0.25, -0.2) is 8.42 Å². The number of hydrogen-bond donors (Lipinski definition) is 1. The molecule has 0 amide bonds. The Hall–Kier alpha value is -1.63. The highest BCUT2D eigenvalue weighted by Gasteiger charge is 2.36. The van der Waals surface area contributed by atoms with Gasteiger partial charge in [0.05, 0.1) is 5.75 Å². The predicted octanol–water partition coefficient (Wildman–Crippen LogP) is 0.561. The average Bonchev–Trinajstić information content (AvgIpc) is 2.82. The molecule has 3 heterocycles. The molecule has 6 nitrogen and oxygen atoms in total. The normalized spacial score (nSPS) is 23.2. The van der Waals surface area contributed by atoms with Crippen molar-refractivity contribution >= 4 is 21.3 Å². The Balaban J connectivity index is 2.25. The van der Waals surface area contributed by atoms with Crippen molar-refractivity contribution in [3.8, 4) is 0 Å². The van der Waals surface area contributed by atoms with E-state index >= 15 is 0 Å². The van der Waals surface area contributed by atoms with E-state index in [-0.39, 0.29) is 5.75 Å². The maximum absolute atomic E-state index is 11.9. The lowest BCUT2D eigenvalue weighted by atomic mass is 10.2. The first-order chi connectivity index (χ1) is 8.09. The molecule has 2 aromatic rings. The number of pyridine rings is 1. The molecule has 17 heavy (non-hydrogen) atoms. The van der Waals surface area contributed by atoms with Gasteiger partial charge in [-0.1, -0.05) is 6.07 Å². The molecule has 0 spiro atoms. The number of hydrogen-bond acceptors (Lipinski definition) is 5. The van der Waals surface area contributed by atoms with Crippen LogP contribution in [-0.4, -0.2) is 28.8 Å². The van der Waals surface area contributed by atoms with Crippen molar-refractivity contribution in [3.63, 3.8) is 0 Å². The number of aromatic nitrogens is 3. The maximum atomic E-state index is 11.9. The molecule has 1 aliphatic heterocycles. The van der Waals surface area contributed by atoms with Gasteiger partial charge in [-0.05, 0) is 25.0 Å². The third kappa shape index (κ3) is 1.49. The molecule has 0 aliphatic carbocycles. The van der Waals surface area contributed by atoms with Gasteiger partial charge in [0.2, 0.25) is 0 Å². The predicted molar refractivity (Wildman–Crippen MR) is 63.2 cm³/mol. The maximum Gasteiger partial charge on any atom is 0.162 e. The highest BCUT2D eigenvalue weighted by molar-refractivity contribution is 7.91. The van der Waals surface area contributed by atoms with E-state index in [1.807, 2.05) is 0 Å². The number of nitrogen functional groups attached to an aromatic ring is 1. The van der Waals surface area contributed by atoms with E-state index in [9.17, 15) is 8.42 Å². The van der Waals surface area contributed by atoms with Crippen LogP contribution in [0.2, 0.25) is 0 Å². The van der Waals surface area contributed by atoms with Gasteiger partial charge in [0.1, 0.15) is 11.1 Å². The van der Waals surface area contributed by atoms with Crippen LogP contribution in [0.4, 0.5) is 5.82 Å². The molecular formula is C10H12N4O2S. The molecule has 1 aliphatic rings. The van der Waals surface area contributed by atoms with Crippen molar-refractivity contribution in [2.24, 2.45) is 0 Å². The minimum Gasteiger partial charge on any atom is -0.385 e. The summed E-state index contributed by atoms with van der Waals surface area (Å²) in [6, 6.07) is 5.24. The zero-order valence-corrected chi connectivity index (χ0v) is 9.89. The molecule has 7 heteroatoms. The van der Waals surface area contributed by atoms with Gasteiger partial charge in [-0.3, -0.25) is 4.40 Å². The Morgan fingerprint density at radius 3 is 2.88 bits per heavy atom. The Kier molecular flexibility index (Phi) is 2.12. The van der Waals surface area contributed by atoms with Gasteiger partial charge in [0.15, 0.2) is 21.3 Å². The van der Waals surface area contributed by atoms with Crippen LogP contribution in [-0.2, 0) is 9.84 Å². The molecule has 90 valence electrons. The molecule has 2 aromatic heterocycles. The number of rotatable bonds is 1. The van der Waals surface area contributed by atoms with Crippen LogP contribution in [0.1, 0.15) is 23.9 Å². The second-order valence-corrected chi connectivity index (χ2v) is 6.50. The lowest BCUT2D eigenvalue weighted by Crippen LogP contribution is -2.12. The van der Waals surface area contributed by atoms with Crippen LogP contribution in [0.3, 0.4) is 0 Å². The lowest BCUT2D eigenvalue weighted by Gasteiger charge is -2.08. The van der Waals surface area contributed by atoms with Gasteiger partial charge in [0, 0.05) is 0 Å². The second kappa shape index (κ2) is 3.43. The van der Waals surface area contributed by atoms with Crippen molar-refractivity contribution in [1.82, 2.24) is 14.6 Å². The minimum absolute atomic E-state index is 0.222. The average molecular weight is 252 g/mol. The largest absolute Gasteiger partial charge is 0.385 e. The molecule has 3 rings (SSSR count). The Morgan fingerprint density at radius 2 is 2.18 bits per heavy atom. The van der Waals surface area contributed by atoms with Crippen LogP contribution < -0.4 is 5.73 Å². The molecule has 0 bridgehead atoms. The molecule has 0 saturated carbocycles. The summed E-state index contributed by atoms with van der Waals surface area (Å²) < 4.78 is 25.4. The van der Waals surface area contributed by atoms with Crippen molar-refractivity contribution in [3.05, 3.63) is 24.0 Å². The fourth-order valence-corrected chi connectivity index (χ4v) is 4.13. The molecule has 2 N–H and O–H groups in total. The Labute approximate surface area is 98.4 Å². The first kappa shape index (κ1) is 10.5. The van der Waals surface area contributed by atoms with Crippen molar-refractivity contribution in [2.75, 3.05) is 11.5 Å². The monoisotopic (exact) mass is 252 g/mol. The van der Waals surface area contributed by atoms with E-state index in [2.05, 4.69) is 10.2 Å². The Bertz CT molecular complexity index is 677. The van der Waals surface area contributed by atoms with Crippen LogP contribution in [0, 0.1) is 0 Å². The first-order valence-corrected chi connectivity index (χ1v) is 7.12. The van der Waals surface area contributed by atoms with Gasteiger partial charge in [0.25, 0.3) is 0 Å². The summed E-state index contributed by atoms with van der Waals surface area (Å²) in [4.78, 5) is 0. The van der Waals surface area contributed by atoms with Gasteiger partial charge in [-0.2, -0.15) is 0 Å². The molecular weight excluding hydrogens is 240 g/mol. The highest BCUT2D eigenvalue weighted by Crippen LogP contribution is 2.34. The molecule has 0 radical (unpaired) electrons. The summed E-state index contributed by atoms with van der Waals surface area (Å²) in [5.41, 5.74) is 6.43. The molecule has 1 fully saturated rings. The molecule has 1 saturated heterocycles. The summed E-state index contributed by atoms with van der Waals surface area (Å²) in [6.07, 6.45) is 1.27. The number of anilines is 1. The third-order valence-electron chi connectivity index (χ3n) is 3.10. The molecule has 0 aromatic carbocycles. The zero-order chi connectivity index (χ0) is 12.0. The Morgan fingerprint density at radius 1 is 1.35 bits per heavy atom. The van der Waals surface area contributed by atoms with Crippen LogP contribution >= 0.6 is 0 Å². The SMILES string of the molecule is Nc1cccc2nnc(C3CCCS3(=O)=O)n12. The summed E-state index contributed by atoms with van der Waals surface area (Å²) in [5, 5.41) is 7.38. The van der Waals surface area contributed by atoms with Crippen molar-refractivity contribution < 1.29 is 8.42 Å². The van der Waals surface area contributed by atoms with Crippen molar-refractivity contribution in [1.29, 1.82) is 0 Å². The van der Waals surface area contributed by atoms with E-state index in [0.29, 0.717) is 30.1 Å². The number of nitrogens with two attached hydrogens (primary N) is 1. The fraction of sp³-hybridized carbons (Fsp3) is 0.400. The number of nitrogens with zero attached hydrogens (tertiary/aromatic N) is 3. The minimum atomic E-state index is -3.10. The third-order valence-corrected chi connectivity index (χ3v) is 5.27. The van der Waals surface area contributed by atoms with Crippen LogP contribution in [0.5, 0.6) is 0 Å². The highest BCUT2D eigenvalue weighted by atomic mass is 32.2. The topological polar surface area (TPSA) is 90.3 Å². The smallest absolute Gasteiger partial charge is 0.162 e. The first-order valence-electron chi connectivity index (χ1n) is 5.41. The second-order valence-electron chi connectivity index (χ2n) is 4.20. The van der Waals surface area contributed by atoms with Gasteiger partial charge >= 0.3 is 0 Å². The molecule has 1 atom stereocenters. The van der Waals surface area contributed by atoms with Crippen LogP contribution in [0.25, 0.3) is 5.65 Å². The van der Waals surface area contributed by atoms with E-state index in [1.54, 1.807) is 22.6 Å². The van der Waals surface area contributed by atoms with E-state index < -0.39 is 15.1 Å².